The second-order valence-electron chi connectivity index (χ2n) is 8.96. The molecule has 0 saturated heterocycles. The zero-order valence-corrected chi connectivity index (χ0v) is 18.9. The molecule has 2 aliphatic rings. The minimum Gasteiger partial charge on any atom is -0.343 e. The molecule has 160 valence electrons. The number of rotatable bonds is 5. The summed E-state index contributed by atoms with van der Waals surface area (Å²) in [4.78, 5) is 34.1. The molecule has 1 unspecified atom stereocenters. The van der Waals surface area contributed by atoms with Crippen LogP contribution >= 0.6 is 11.8 Å². The number of unbranched alkanes of at least 4 members (excludes halogenated alkanes) is 1. The van der Waals surface area contributed by atoms with Crippen molar-refractivity contribution in [3.63, 3.8) is 0 Å². The third-order valence-electron chi connectivity index (χ3n) is 5.81. The molecule has 0 fully saturated rings. The molecule has 2 N–H and O–H groups in total. The van der Waals surface area contributed by atoms with E-state index < -0.39 is 5.92 Å². The maximum absolute atomic E-state index is 13.2. The predicted molar refractivity (Wildman–Crippen MR) is 122 cm³/mol. The molecule has 4 rings (SSSR count). The van der Waals surface area contributed by atoms with Crippen LogP contribution in [0.2, 0.25) is 0 Å². The van der Waals surface area contributed by atoms with Gasteiger partial charge in [-0.1, -0.05) is 51.1 Å². The number of anilines is 1. The van der Waals surface area contributed by atoms with Crippen molar-refractivity contribution >= 4 is 23.4 Å². The molecule has 2 aromatic rings. The van der Waals surface area contributed by atoms with Gasteiger partial charge in [0.05, 0.1) is 17.2 Å². The highest BCUT2D eigenvalue weighted by Gasteiger charge is 2.42. The average Bonchev–Trinajstić information content (AvgIpc) is 2.71. The molecule has 6 nitrogen and oxygen atoms in total. The number of hydrogen-bond donors (Lipinski definition) is 2. The van der Waals surface area contributed by atoms with Gasteiger partial charge >= 0.3 is 0 Å². The van der Waals surface area contributed by atoms with E-state index in [-0.39, 0.29) is 16.8 Å². The number of aromatic amines is 1. The number of fused-ring (bicyclic) bond motifs is 1. The van der Waals surface area contributed by atoms with Gasteiger partial charge in [-0.2, -0.15) is 5.26 Å². The minimum atomic E-state index is -0.492. The first kappa shape index (κ1) is 21.4. The van der Waals surface area contributed by atoms with E-state index in [1.54, 1.807) is 12.1 Å². The number of aromatic nitrogens is 2. The van der Waals surface area contributed by atoms with Crippen molar-refractivity contribution in [3.8, 4) is 6.07 Å². The van der Waals surface area contributed by atoms with Crippen LogP contribution in [-0.4, -0.2) is 21.5 Å². The lowest BCUT2D eigenvalue weighted by molar-refractivity contribution is -0.118. The average molecular weight is 435 g/mol. The molecule has 1 aliphatic carbocycles. The first-order valence-electron chi connectivity index (χ1n) is 10.6. The Labute approximate surface area is 186 Å². The lowest BCUT2D eigenvalue weighted by atomic mass is 9.69. The second-order valence-corrected chi connectivity index (χ2v) is 10.0. The highest BCUT2D eigenvalue weighted by molar-refractivity contribution is 7.99. The Morgan fingerprint density at radius 1 is 1.23 bits per heavy atom. The quantitative estimate of drug-likeness (QED) is 0.401. The fraction of sp³-hybridized carbons (Fsp3) is 0.417. The monoisotopic (exact) mass is 434 g/mol. The van der Waals surface area contributed by atoms with E-state index in [0.717, 1.165) is 29.9 Å². The van der Waals surface area contributed by atoms with Crippen LogP contribution in [-0.2, 0) is 4.79 Å². The Hall–Kier alpha value is -2.85. The van der Waals surface area contributed by atoms with Crippen molar-refractivity contribution in [1.29, 1.82) is 5.26 Å². The summed E-state index contributed by atoms with van der Waals surface area (Å²) in [5, 5.41) is 13.1. The van der Waals surface area contributed by atoms with Crippen LogP contribution in [0.25, 0.3) is 0 Å². The minimum absolute atomic E-state index is 0.0551. The summed E-state index contributed by atoms with van der Waals surface area (Å²) in [6, 6.07) is 9.24. The zero-order chi connectivity index (χ0) is 22.2. The number of carbonyl (C=O) groups is 1. The largest absolute Gasteiger partial charge is 0.343 e. The molecule has 1 aromatic carbocycles. The number of nitriles is 1. The third-order valence-corrected chi connectivity index (χ3v) is 6.77. The number of nitrogens with one attached hydrogen (secondary N) is 2. The molecule has 0 saturated carbocycles. The summed E-state index contributed by atoms with van der Waals surface area (Å²) < 4.78 is 0. The van der Waals surface area contributed by atoms with Gasteiger partial charge in [-0.3, -0.25) is 9.59 Å². The lowest BCUT2D eigenvalue weighted by Crippen LogP contribution is -2.37. The van der Waals surface area contributed by atoms with Crippen molar-refractivity contribution in [3.05, 3.63) is 62.6 Å². The van der Waals surface area contributed by atoms with Gasteiger partial charge in [0, 0.05) is 29.4 Å². The molecule has 0 radical (unpaired) electrons. The third kappa shape index (κ3) is 4.17. The van der Waals surface area contributed by atoms with Crippen LogP contribution in [0.3, 0.4) is 0 Å². The van der Waals surface area contributed by atoms with E-state index in [2.05, 4.69) is 37.1 Å². The first-order chi connectivity index (χ1) is 14.8. The standard InChI is InChI=1S/C24H26N4O2S/c1-4-5-10-31-23-27-21-20(22(30)28-23)18(15-8-6-14(13-25)7-9-15)19-16(26-21)11-24(2,3)12-17(19)29/h6-9,18H,4-5,10-12H2,1-3H3,(H2,26,27,28,30). The van der Waals surface area contributed by atoms with Crippen LogP contribution in [0, 0.1) is 16.7 Å². The summed E-state index contributed by atoms with van der Waals surface area (Å²) in [5.74, 6) is 0.978. The van der Waals surface area contributed by atoms with Gasteiger partial charge < -0.3 is 10.3 Å². The number of carbonyl (C=O) groups excluding carboxylic acids is 1. The summed E-state index contributed by atoms with van der Waals surface area (Å²) in [6.45, 7) is 6.29. The van der Waals surface area contributed by atoms with E-state index in [9.17, 15) is 9.59 Å². The number of H-pyrrole nitrogens is 1. The number of Topliss-reactive ketones (excluding diaryl/α,β-unsaturated/α-hetero) is 1. The molecule has 1 aliphatic heterocycles. The summed E-state index contributed by atoms with van der Waals surface area (Å²) in [6.07, 6.45) is 3.28. The highest BCUT2D eigenvalue weighted by atomic mass is 32.2. The Morgan fingerprint density at radius 3 is 2.65 bits per heavy atom. The maximum atomic E-state index is 13.2. The predicted octanol–water partition coefficient (Wildman–Crippen LogP) is 4.73. The van der Waals surface area contributed by atoms with Gasteiger partial charge in [-0.05, 0) is 36.0 Å². The van der Waals surface area contributed by atoms with Crippen molar-refractivity contribution in [2.75, 3.05) is 11.1 Å². The van der Waals surface area contributed by atoms with Gasteiger partial charge in [0.1, 0.15) is 5.82 Å². The second kappa shape index (κ2) is 8.35. The Bertz CT molecular complexity index is 1160. The van der Waals surface area contributed by atoms with Gasteiger partial charge in [0.25, 0.3) is 5.56 Å². The molecule has 0 amide bonds. The molecule has 2 heterocycles. The van der Waals surface area contributed by atoms with Crippen LogP contribution in [0.15, 0.2) is 45.5 Å². The number of hydrogen-bond acceptors (Lipinski definition) is 6. The number of allylic oxidation sites excluding steroid dienone is 2. The molecule has 7 heteroatoms. The Kier molecular flexibility index (Phi) is 5.76. The van der Waals surface area contributed by atoms with Crippen molar-refractivity contribution in [2.45, 2.75) is 57.5 Å². The molecular weight excluding hydrogens is 408 g/mol. The lowest BCUT2D eigenvalue weighted by Gasteiger charge is -2.38. The summed E-state index contributed by atoms with van der Waals surface area (Å²) in [5.41, 5.74) is 2.95. The molecule has 0 spiro atoms. The van der Waals surface area contributed by atoms with Crippen LogP contribution in [0.5, 0.6) is 0 Å². The smallest absolute Gasteiger partial charge is 0.257 e. The zero-order valence-electron chi connectivity index (χ0n) is 18.0. The molecular formula is C24H26N4O2S. The van der Waals surface area contributed by atoms with Crippen molar-refractivity contribution in [1.82, 2.24) is 9.97 Å². The fourth-order valence-electron chi connectivity index (χ4n) is 4.36. The van der Waals surface area contributed by atoms with Gasteiger partial charge in [0.2, 0.25) is 0 Å². The van der Waals surface area contributed by atoms with Crippen LogP contribution in [0.4, 0.5) is 5.82 Å². The van der Waals surface area contributed by atoms with E-state index >= 15 is 0 Å². The Morgan fingerprint density at radius 2 is 1.97 bits per heavy atom. The van der Waals surface area contributed by atoms with Gasteiger partial charge in [-0.25, -0.2) is 4.98 Å². The number of ketones is 1. The normalized spacial score (nSPS) is 19.3. The van der Waals surface area contributed by atoms with Crippen LogP contribution in [0.1, 0.15) is 69.1 Å². The number of nitrogens with zero attached hydrogens (tertiary/aromatic N) is 2. The fourth-order valence-corrected chi connectivity index (χ4v) is 5.31. The van der Waals surface area contributed by atoms with E-state index in [0.29, 0.717) is 40.5 Å². The molecule has 31 heavy (non-hydrogen) atoms. The van der Waals surface area contributed by atoms with E-state index in [1.807, 2.05) is 12.1 Å². The highest BCUT2D eigenvalue weighted by Crippen LogP contribution is 2.47. The summed E-state index contributed by atoms with van der Waals surface area (Å²) in [7, 11) is 0. The van der Waals surface area contributed by atoms with Gasteiger partial charge in [-0.15, -0.1) is 0 Å². The maximum Gasteiger partial charge on any atom is 0.257 e. The first-order valence-corrected chi connectivity index (χ1v) is 11.6. The topological polar surface area (TPSA) is 98.6 Å². The SMILES string of the molecule is CCCCSc1nc2c(c(=O)[nH]1)C(c1ccc(C#N)cc1)C1=C(CC(C)(C)CC1=O)N2. The summed E-state index contributed by atoms with van der Waals surface area (Å²) >= 11 is 1.54. The van der Waals surface area contributed by atoms with E-state index in [4.69, 9.17) is 10.2 Å². The molecule has 1 aromatic heterocycles. The van der Waals surface area contributed by atoms with Crippen LogP contribution < -0.4 is 10.9 Å². The number of benzene rings is 1. The van der Waals surface area contributed by atoms with E-state index in [1.165, 1.54) is 11.8 Å². The number of thioether (sulfide) groups is 1. The molecule has 0 bridgehead atoms. The van der Waals surface area contributed by atoms with Crippen molar-refractivity contribution in [2.24, 2.45) is 5.41 Å². The Balaban J connectivity index is 1.86. The van der Waals surface area contributed by atoms with Gasteiger partial charge in [0.15, 0.2) is 10.9 Å². The molecule has 1 atom stereocenters. The van der Waals surface area contributed by atoms with Crippen molar-refractivity contribution < 1.29 is 4.79 Å².